The van der Waals surface area contributed by atoms with E-state index in [-0.39, 0.29) is 10.6 Å². The van der Waals surface area contributed by atoms with Gasteiger partial charge in [-0.15, -0.1) is 0 Å². The van der Waals surface area contributed by atoms with Gasteiger partial charge in [-0.2, -0.15) is 0 Å². The van der Waals surface area contributed by atoms with Gasteiger partial charge in [-0.25, -0.2) is 0 Å². The lowest BCUT2D eigenvalue weighted by atomic mass is 9.87. The summed E-state index contributed by atoms with van der Waals surface area (Å²) in [7, 11) is 0. The van der Waals surface area contributed by atoms with Gasteiger partial charge >= 0.3 is 0 Å². The lowest BCUT2D eigenvalue weighted by Gasteiger charge is -2.21. The number of nitro benzene ring substituents is 1. The number of rotatable bonds is 5. The summed E-state index contributed by atoms with van der Waals surface area (Å²) >= 11 is 0. The Morgan fingerprint density at radius 1 is 1.26 bits per heavy atom. The van der Waals surface area contributed by atoms with Crippen molar-refractivity contribution in [3.05, 3.63) is 33.9 Å². The van der Waals surface area contributed by atoms with Gasteiger partial charge in [0, 0.05) is 24.4 Å². The van der Waals surface area contributed by atoms with Crippen molar-refractivity contribution in [1.29, 1.82) is 0 Å². The zero-order valence-corrected chi connectivity index (χ0v) is 11.5. The minimum Gasteiger partial charge on any atom is -0.385 e. The molecule has 1 saturated carbocycles. The summed E-state index contributed by atoms with van der Waals surface area (Å²) < 4.78 is 0. The first-order chi connectivity index (χ1) is 9.15. The largest absolute Gasteiger partial charge is 0.385 e. The third-order valence-corrected chi connectivity index (χ3v) is 3.88. The van der Waals surface area contributed by atoms with Gasteiger partial charge in [-0.3, -0.25) is 10.1 Å². The molecule has 0 radical (unpaired) electrons. The predicted octanol–water partition coefficient (Wildman–Crippen LogP) is 4.29. The van der Waals surface area contributed by atoms with Crippen LogP contribution in [0.4, 0.5) is 11.4 Å². The van der Waals surface area contributed by atoms with Crippen LogP contribution >= 0.6 is 0 Å². The Hall–Kier alpha value is -1.58. The Balaban J connectivity index is 1.86. The first-order valence-corrected chi connectivity index (χ1v) is 7.15. The van der Waals surface area contributed by atoms with Crippen molar-refractivity contribution in [2.45, 2.75) is 45.4 Å². The zero-order chi connectivity index (χ0) is 13.7. The topological polar surface area (TPSA) is 55.2 Å². The number of nitrogens with zero attached hydrogens (tertiary/aromatic N) is 1. The van der Waals surface area contributed by atoms with E-state index < -0.39 is 0 Å². The molecule has 0 heterocycles. The molecule has 4 nitrogen and oxygen atoms in total. The van der Waals surface area contributed by atoms with Crippen molar-refractivity contribution in [3.63, 3.8) is 0 Å². The van der Waals surface area contributed by atoms with E-state index in [4.69, 9.17) is 0 Å². The molecule has 0 aromatic heterocycles. The maximum absolute atomic E-state index is 10.8. The van der Waals surface area contributed by atoms with Gasteiger partial charge in [0.05, 0.1) is 4.92 Å². The van der Waals surface area contributed by atoms with Crippen molar-refractivity contribution in [3.8, 4) is 0 Å². The summed E-state index contributed by atoms with van der Waals surface area (Å²) in [6.07, 6.45) is 7.96. The second-order valence-corrected chi connectivity index (χ2v) is 5.53. The van der Waals surface area contributed by atoms with Crippen LogP contribution in [0.25, 0.3) is 0 Å². The molecule has 2 rings (SSSR count). The highest BCUT2D eigenvalue weighted by Gasteiger charge is 2.13. The molecule has 1 aliphatic rings. The summed E-state index contributed by atoms with van der Waals surface area (Å²) in [5.41, 5.74) is 1.96. The van der Waals surface area contributed by atoms with Crippen LogP contribution in [0.15, 0.2) is 18.2 Å². The number of benzene rings is 1. The van der Waals surface area contributed by atoms with Crippen molar-refractivity contribution in [2.75, 3.05) is 11.9 Å². The SMILES string of the molecule is Cc1cc(NCCC2CCCCC2)cc([N+](=O)[O-])c1. The molecule has 0 amide bonds. The monoisotopic (exact) mass is 262 g/mol. The van der Waals surface area contributed by atoms with E-state index in [1.54, 1.807) is 12.1 Å². The van der Waals surface area contributed by atoms with Crippen LogP contribution in [0.5, 0.6) is 0 Å². The van der Waals surface area contributed by atoms with Gasteiger partial charge in [0.2, 0.25) is 0 Å². The lowest BCUT2D eigenvalue weighted by molar-refractivity contribution is -0.384. The lowest BCUT2D eigenvalue weighted by Crippen LogP contribution is -2.12. The second-order valence-electron chi connectivity index (χ2n) is 5.53. The van der Waals surface area contributed by atoms with Gasteiger partial charge in [-0.1, -0.05) is 32.1 Å². The van der Waals surface area contributed by atoms with E-state index in [0.717, 1.165) is 23.7 Å². The molecule has 0 atom stereocenters. The van der Waals surface area contributed by atoms with Crippen LogP contribution in [0, 0.1) is 23.0 Å². The van der Waals surface area contributed by atoms with Gasteiger partial charge in [-0.05, 0) is 30.9 Å². The molecular weight excluding hydrogens is 240 g/mol. The summed E-state index contributed by atoms with van der Waals surface area (Å²) in [6, 6.07) is 5.19. The summed E-state index contributed by atoms with van der Waals surface area (Å²) in [4.78, 5) is 10.5. The van der Waals surface area contributed by atoms with Crippen LogP contribution < -0.4 is 5.32 Å². The number of non-ortho nitro benzene ring substituents is 1. The Bertz CT molecular complexity index is 440. The molecular formula is C15H22N2O2. The Labute approximate surface area is 114 Å². The Morgan fingerprint density at radius 2 is 2.00 bits per heavy atom. The molecule has 1 fully saturated rings. The minimum atomic E-state index is -0.334. The number of hydrogen-bond acceptors (Lipinski definition) is 3. The number of hydrogen-bond donors (Lipinski definition) is 1. The quantitative estimate of drug-likeness (QED) is 0.636. The molecule has 1 aliphatic carbocycles. The van der Waals surface area contributed by atoms with Crippen LogP contribution in [0.3, 0.4) is 0 Å². The fourth-order valence-electron chi connectivity index (χ4n) is 2.87. The molecule has 0 bridgehead atoms. The van der Waals surface area contributed by atoms with E-state index in [1.807, 2.05) is 13.0 Å². The minimum absolute atomic E-state index is 0.167. The molecule has 19 heavy (non-hydrogen) atoms. The predicted molar refractivity (Wildman–Crippen MR) is 77.5 cm³/mol. The van der Waals surface area contributed by atoms with E-state index in [9.17, 15) is 10.1 Å². The van der Waals surface area contributed by atoms with Gasteiger partial charge in [0.25, 0.3) is 5.69 Å². The number of nitrogens with one attached hydrogen (secondary N) is 1. The van der Waals surface area contributed by atoms with E-state index in [2.05, 4.69) is 5.32 Å². The Kier molecular flexibility index (Phi) is 4.77. The van der Waals surface area contributed by atoms with Gasteiger partial charge in [0.15, 0.2) is 0 Å². The van der Waals surface area contributed by atoms with Crippen LogP contribution in [-0.2, 0) is 0 Å². The number of nitro groups is 1. The molecule has 4 heteroatoms. The average molecular weight is 262 g/mol. The first-order valence-electron chi connectivity index (χ1n) is 7.15. The second kappa shape index (κ2) is 6.55. The highest BCUT2D eigenvalue weighted by Crippen LogP contribution is 2.26. The molecule has 1 N–H and O–H groups in total. The fraction of sp³-hybridized carbons (Fsp3) is 0.600. The Morgan fingerprint density at radius 3 is 2.68 bits per heavy atom. The summed E-state index contributed by atoms with van der Waals surface area (Å²) in [5.74, 6) is 0.834. The van der Waals surface area contributed by atoms with Crippen molar-refractivity contribution >= 4 is 11.4 Å². The molecule has 104 valence electrons. The summed E-state index contributed by atoms with van der Waals surface area (Å²) in [5, 5.41) is 14.1. The average Bonchev–Trinajstić information content (AvgIpc) is 2.39. The summed E-state index contributed by atoms with van der Waals surface area (Å²) in [6.45, 7) is 2.80. The molecule has 0 aliphatic heterocycles. The molecule has 1 aromatic rings. The third-order valence-electron chi connectivity index (χ3n) is 3.88. The number of anilines is 1. The first kappa shape index (κ1) is 13.8. The molecule has 0 unspecified atom stereocenters. The smallest absolute Gasteiger partial charge is 0.271 e. The molecule has 0 saturated heterocycles. The highest BCUT2D eigenvalue weighted by atomic mass is 16.6. The third kappa shape index (κ3) is 4.23. The fourth-order valence-corrected chi connectivity index (χ4v) is 2.87. The van der Waals surface area contributed by atoms with Crippen molar-refractivity contribution < 1.29 is 4.92 Å². The molecule has 1 aromatic carbocycles. The van der Waals surface area contributed by atoms with E-state index in [0.29, 0.717) is 0 Å². The van der Waals surface area contributed by atoms with E-state index >= 15 is 0 Å². The maximum atomic E-state index is 10.8. The van der Waals surface area contributed by atoms with Crippen LogP contribution in [0.1, 0.15) is 44.1 Å². The van der Waals surface area contributed by atoms with Gasteiger partial charge in [0.1, 0.15) is 0 Å². The normalized spacial score (nSPS) is 16.3. The van der Waals surface area contributed by atoms with Crippen molar-refractivity contribution in [2.24, 2.45) is 5.92 Å². The zero-order valence-electron chi connectivity index (χ0n) is 11.5. The maximum Gasteiger partial charge on any atom is 0.271 e. The standard InChI is InChI=1S/C15H22N2O2/c1-12-9-14(11-15(10-12)17(18)19)16-8-7-13-5-3-2-4-6-13/h9-11,13,16H,2-8H2,1H3. The van der Waals surface area contributed by atoms with Gasteiger partial charge < -0.3 is 5.32 Å². The molecule has 0 spiro atoms. The van der Waals surface area contributed by atoms with Crippen LogP contribution in [0.2, 0.25) is 0 Å². The highest BCUT2D eigenvalue weighted by molar-refractivity contribution is 5.53. The van der Waals surface area contributed by atoms with E-state index in [1.165, 1.54) is 38.5 Å². The van der Waals surface area contributed by atoms with Crippen molar-refractivity contribution in [1.82, 2.24) is 0 Å². The number of aryl methyl sites for hydroxylation is 1. The van der Waals surface area contributed by atoms with Crippen LogP contribution in [-0.4, -0.2) is 11.5 Å².